The number of hydrogen-bond donors (Lipinski definition) is 1. The van der Waals surface area contributed by atoms with Gasteiger partial charge in [-0.3, -0.25) is 0 Å². The standard InChI is InChI=1S/C17H24BrClN2/c1-12(2)15-10-20-17(8-3-4-9-17)11-21(15)14-7-5-6-13(19)16(14)18/h5-7,12,15,20H,3-4,8-11H2,1-2H3. The van der Waals surface area contributed by atoms with Crippen LogP contribution in [0.3, 0.4) is 0 Å². The molecule has 0 amide bonds. The number of hydrogen-bond acceptors (Lipinski definition) is 2. The zero-order chi connectivity index (χ0) is 15.0. The molecule has 1 aromatic carbocycles. The molecule has 1 aromatic rings. The van der Waals surface area contributed by atoms with Crippen LogP contribution < -0.4 is 10.2 Å². The van der Waals surface area contributed by atoms with Gasteiger partial charge in [0.2, 0.25) is 0 Å². The molecule has 1 heterocycles. The predicted molar refractivity (Wildman–Crippen MR) is 94.3 cm³/mol. The van der Waals surface area contributed by atoms with Gasteiger partial charge in [0.15, 0.2) is 0 Å². The molecule has 2 nitrogen and oxygen atoms in total. The molecule has 2 fully saturated rings. The van der Waals surface area contributed by atoms with E-state index in [0.717, 1.165) is 22.6 Å². The Morgan fingerprint density at radius 2 is 2.05 bits per heavy atom. The second-order valence-corrected chi connectivity index (χ2v) is 8.08. The second kappa shape index (κ2) is 6.10. The molecule has 3 rings (SSSR count). The molecule has 0 radical (unpaired) electrons. The van der Waals surface area contributed by atoms with Gasteiger partial charge in [-0.15, -0.1) is 0 Å². The molecule has 1 N–H and O–H groups in total. The molecule has 1 aliphatic carbocycles. The van der Waals surface area contributed by atoms with Gasteiger partial charge in [-0.25, -0.2) is 0 Å². The van der Waals surface area contributed by atoms with E-state index in [4.69, 9.17) is 11.6 Å². The zero-order valence-corrected chi connectivity index (χ0v) is 15.2. The molecule has 1 saturated carbocycles. The van der Waals surface area contributed by atoms with Crippen molar-refractivity contribution in [3.63, 3.8) is 0 Å². The van der Waals surface area contributed by atoms with Crippen LogP contribution in [-0.2, 0) is 0 Å². The molecule has 1 unspecified atom stereocenters. The maximum Gasteiger partial charge on any atom is 0.0595 e. The summed E-state index contributed by atoms with van der Waals surface area (Å²) in [7, 11) is 0. The molecule has 0 bridgehead atoms. The highest BCUT2D eigenvalue weighted by molar-refractivity contribution is 9.10. The van der Waals surface area contributed by atoms with E-state index in [1.54, 1.807) is 0 Å². The fraction of sp³-hybridized carbons (Fsp3) is 0.647. The first-order chi connectivity index (χ1) is 10.0. The van der Waals surface area contributed by atoms with Gasteiger partial charge in [-0.1, -0.05) is 44.4 Å². The minimum absolute atomic E-state index is 0.313. The van der Waals surface area contributed by atoms with Crippen LogP contribution >= 0.6 is 27.5 Å². The normalized spacial score (nSPS) is 25.0. The van der Waals surface area contributed by atoms with Gasteiger partial charge in [0.1, 0.15) is 0 Å². The molecule has 1 aliphatic heterocycles. The van der Waals surface area contributed by atoms with Gasteiger partial charge in [0, 0.05) is 24.7 Å². The Balaban J connectivity index is 1.95. The van der Waals surface area contributed by atoms with Crippen LogP contribution in [0.15, 0.2) is 22.7 Å². The van der Waals surface area contributed by atoms with Crippen LogP contribution in [0, 0.1) is 5.92 Å². The molecule has 1 saturated heterocycles. The summed E-state index contributed by atoms with van der Waals surface area (Å²) in [4.78, 5) is 2.59. The lowest BCUT2D eigenvalue weighted by atomic mass is 9.88. The van der Waals surface area contributed by atoms with Gasteiger partial charge in [-0.05, 0) is 46.8 Å². The number of nitrogens with one attached hydrogen (secondary N) is 1. The number of piperazine rings is 1. The van der Waals surface area contributed by atoms with Gasteiger partial charge < -0.3 is 10.2 Å². The first-order valence-electron chi connectivity index (χ1n) is 7.98. The highest BCUT2D eigenvalue weighted by atomic mass is 79.9. The summed E-state index contributed by atoms with van der Waals surface area (Å²) in [5, 5.41) is 4.67. The van der Waals surface area contributed by atoms with Crippen LogP contribution in [0.25, 0.3) is 0 Å². The van der Waals surface area contributed by atoms with Crippen molar-refractivity contribution in [2.75, 3.05) is 18.0 Å². The van der Waals surface area contributed by atoms with E-state index in [-0.39, 0.29) is 0 Å². The Kier molecular flexibility index (Phi) is 4.54. The number of nitrogens with zero attached hydrogens (tertiary/aromatic N) is 1. The number of benzene rings is 1. The van der Waals surface area contributed by atoms with Gasteiger partial charge in [0.05, 0.1) is 15.2 Å². The molecular weight excluding hydrogens is 348 g/mol. The molecule has 0 aromatic heterocycles. The Hall–Kier alpha value is -0.250. The number of rotatable bonds is 2. The highest BCUT2D eigenvalue weighted by Crippen LogP contribution is 2.40. The van der Waals surface area contributed by atoms with Crippen LogP contribution in [0.2, 0.25) is 5.02 Å². The third-order valence-corrected chi connectivity index (χ3v) is 6.51. The van der Waals surface area contributed by atoms with Crippen molar-refractivity contribution in [2.45, 2.75) is 51.1 Å². The topological polar surface area (TPSA) is 15.3 Å². The minimum atomic E-state index is 0.313. The number of anilines is 1. The minimum Gasteiger partial charge on any atom is -0.364 e. The van der Waals surface area contributed by atoms with Crippen molar-refractivity contribution < 1.29 is 0 Å². The van der Waals surface area contributed by atoms with E-state index < -0.39 is 0 Å². The Morgan fingerprint density at radius 1 is 1.33 bits per heavy atom. The largest absolute Gasteiger partial charge is 0.364 e. The lowest BCUT2D eigenvalue weighted by molar-refractivity contribution is 0.245. The molecule has 116 valence electrons. The van der Waals surface area contributed by atoms with E-state index in [1.165, 1.54) is 31.4 Å². The molecule has 2 aliphatic rings. The van der Waals surface area contributed by atoms with E-state index >= 15 is 0 Å². The summed E-state index contributed by atoms with van der Waals surface area (Å²) >= 11 is 10.0. The van der Waals surface area contributed by atoms with Crippen LogP contribution in [0.1, 0.15) is 39.5 Å². The summed E-state index contributed by atoms with van der Waals surface area (Å²) in [6, 6.07) is 6.72. The van der Waals surface area contributed by atoms with Crippen molar-refractivity contribution in [2.24, 2.45) is 5.92 Å². The molecule has 21 heavy (non-hydrogen) atoms. The average molecular weight is 372 g/mol. The SMILES string of the molecule is CC(C)C1CNC2(CCCC2)CN1c1cccc(Cl)c1Br. The molecule has 1 spiro atoms. The van der Waals surface area contributed by atoms with Crippen molar-refractivity contribution >= 4 is 33.2 Å². The van der Waals surface area contributed by atoms with Gasteiger partial charge in [0.25, 0.3) is 0 Å². The fourth-order valence-electron chi connectivity index (χ4n) is 3.89. The van der Waals surface area contributed by atoms with E-state index in [1.807, 2.05) is 6.07 Å². The van der Waals surface area contributed by atoms with Gasteiger partial charge in [-0.2, -0.15) is 0 Å². The lowest BCUT2D eigenvalue weighted by Crippen LogP contribution is -2.64. The van der Waals surface area contributed by atoms with E-state index in [9.17, 15) is 0 Å². The third-order valence-electron chi connectivity index (χ3n) is 5.13. The summed E-state index contributed by atoms with van der Waals surface area (Å²) in [5.41, 5.74) is 1.56. The second-order valence-electron chi connectivity index (χ2n) is 6.88. The average Bonchev–Trinajstić information content (AvgIpc) is 2.89. The van der Waals surface area contributed by atoms with Crippen LogP contribution in [0.4, 0.5) is 5.69 Å². The van der Waals surface area contributed by atoms with Crippen molar-refractivity contribution in [1.82, 2.24) is 5.32 Å². The van der Waals surface area contributed by atoms with E-state index in [2.05, 4.69) is 52.1 Å². The first kappa shape index (κ1) is 15.6. The molecule has 4 heteroatoms. The summed E-state index contributed by atoms with van der Waals surface area (Å²) < 4.78 is 1.03. The summed E-state index contributed by atoms with van der Waals surface area (Å²) in [6.45, 7) is 6.78. The molecule has 1 atom stereocenters. The Labute approximate surface area is 141 Å². The Bertz CT molecular complexity index is 512. The van der Waals surface area contributed by atoms with Gasteiger partial charge >= 0.3 is 0 Å². The molecular formula is C17H24BrClN2. The lowest BCUT2D eigenvalue weighted by Gasteiger charge is -2.49. The third kappa shape index (κ3) is 2.97. The number of halogens is 2. The summed E-state index contributed by atoms with van der Waals surface area (Å²) in [6.07, 6.45) is 5.30. The van der Waals surface area contributed by atoms with Crippen molar-refractivity contribution in [3.05, 3.63) is 27.7 Å². The maximum atomic E-state index is 6.32. The van der Waals surface area contributed by atoms with Crippen LogP contribution in [0.5, 0.6) is 0 Å². The zero-order valence-electron chi connectivity index (χ0n) is 12.8. The smallest absolute Gasteiger partial charge is 0.0595 e. The highest BCUT2D eigenvalue weighted by Gasteiger charge is 2.42. The van der Waals surface area contributed by atoms with Crippen LogP contribution in [-0.4, -0.2) is 24.7 Å². The fourth-order valence-corrected chi connectivity index (χ4v) is 4.55. The quantitative estimate of drug-likeness (QED) is 0.799. The first-order valence-corrected chi connectivity index (χ1v) is 9.15. The van der Waals surface area contributed by atoms with Crippen molar-refractivity contribution in [3.8, 4) is 0 Å². The monoisotopic (exact) mass is 370 g/mol. The predicted octanol–water partition coefficient (Wildman–Crippen LogP) is 4.85. The maximum absolute atomic E-state index is 6.32. The Morgan fingerprint density at radius 3 is 2.71 bits per heavy atom. The summed E-state index contributed by atoms with van der Waals surface area (Å²) in [5.74, 6) is 0.613. The van der Waals surface area contributed by atoms with E-state index in [0.29, 0.717) is 17.5 Å². The van der Waals surface area contributed by atoms with Crippen molar-refractivity contribution in [1.29, 1.82) is 0 Å².